The fourth-order valence-electron chi connectivity index (χ4n) is 2.84. The molecule has 6 nitrogen and oxygen atoms in total. The Bertz CT molecular complexity index is 643. The Morgan fingerprint density at radius 2 is 2.04 bits per heavy atom. The second-order valence-electron chi connectivity index (χ2n) is 6.69. The summed E-state index contributed by atoms with van der Waals surface area (Å²) in [5.74, 6) is -0.724. The van der Waals surface area contributed by atoms with E-state index >= 15 is 0 Å². The van der Waals surface area contributed by atoms with E-state index in [1.54, 1.807) is 17.9 Å². The lowest BCUT2D eigenvalue weighted by molar-refractivity contribution is -0.123. The van der Waals surface area contributed by atoms with Crippen LogP contribution in [0.2, 0.25) is 0 Å². The highest BCUT2D eigenvalue weighted by Gasteiger charge is 2.23. The Balaban J connectivity index is 3.12. The number of hydrogen-bond donors (Lipinski definition) is 1. The average molecular weight is 391 g/mol. The van der Waals surface area contributed by atoms with Crippen molar-refractivity contribution in [1.29, 1.82) is 0 Å². The van der Waals surface area contributed by atoms with Gasteiger partial charge >= 0.3 is 5.97 Å². The fourth-order valence-corrected chi connectivity index (χ4v) is 2.84. The van der Waals surface area contributed by atoms with E-state index in [0.29, 0.717) is 24.4 Å². The molecule has 0 aliphatic heterocycles. The molecule has 1 rings (SSSR count). The number of anilines is 1. The summed E-state index contributed by atoms with van der Waals surface area (Å²) >= 11 is 0. The summed E-state index contributed by atoms with van der Waals surface area (Å²) in [6, 6.07) is 5.51. The van der Waals surface area contributed by atoms with E-state index in [2.05, 4.69) is 6.58 Å². The number of nitrogens with two attached hydrogens (primary N) is 1. The highest BCUT2D eigenvalue weighted by atomic mass is 16.6. The molecule has 0 saturated carbocycles. The third-order valence-electron chi connectivity index (χ3n) is 4.18. The van der Waals surface area contributed by atoms with E-state index in [1.165, 1.54) is 0 Å². The van der Waals surface area contributed by atoms with E-state index in [1.807, 2.05) is 32.1 Å². The van der Waals surface area contributed by atoms with E-state index in [9.17, 15) is 9.59 Å². The standard InChI is InChI=1S/C22H34N2O4/c1-5-8-9-10-11-18-12-13-19(22(26)28-17(4)23)20(15-18)24(7-3)21(25)16-27-14-6-2/h5,12-13,15,17H,1,6-11,14,16,23H2,2-4H3. The van der Waals surface area contributed by atoms with Crippen LogP contribution >= 0.6 is 0 Å². The van der Waals surface area contributed by atoms with Crippen LogP contribution in [0.3, 0.4) is 0 Å². The van der Waals surface area contributed by atoms with Gasteiger partial charge in [-0.25, -0.2) is 4.79 Å². The normalized spacial score (nSPS) is 11.7. The first-order chi connectivity index (χ1) is 13.4. The van der Waals surface area contributed by atoms with Crippen molar-refractivity contribution in [3.8, 4) is 0 Å². The number of benzene rings is 1. The smallest absolute Gasteiger partial charge is 0.341 e. The van der Waals surface area contributed by atoms with Gasteiger partial charge in [0, 0.05) is 13.2 Å². The first kappa shape index (κ1) is 23.9. The Hall–Kier alpha value is -2.18. The van der Waals surface area contributed by atoms with Crippen molar-refractivity contribution < 1.29 is 19.1 Å². The molecule has 1 aromatic carbocycles. The van der Waals surface area contributed by atoms with Crippen LogP contribution in [0.1, 0.15) is 62.4 Å². The van der Waals surface area contributed by atoms with Crippen LogP contribution in [0.15, 0.2) is 30.9 Å². The fraction of sp³-hybridized carbons (Fsp3) is 0.545. The van der Waals surface area contributed by atoms with Crippen LogP contribution in [0.5, 0.6) is 0 Å². The van der Waals surface area contributed by atoms with Crippen LogP contribution < -0.4 is 10.6 Å². The quantitative estimate of drug-likeness (QED) is 0.240. The van der Waals surface area contributed by atoms with E-state index in [4.69, 9.17) is 15.2 Å². The maximum Gasteiger partial charge on any atom is 0.341 e. The Morgan fingerprint density at radius 3 is 2.64 bits per heavy atom. The number of amides is 1. The molecule has 2 N–H and O–H groups in total. The van der Waals surface area contributed by atoms with Crippen molar-refractivity contribution in [3.05, 3.63) is 42.0 Å². The van der Waals surface area contributed by atoms with E-state index in [-0.39, 0.29) is 12.5 Å². The lowest BCUT2D eigenvalue weighted by Gasteiger charge is -2.24. The molecule has 0 aromatic heterocycles. The second-order valence-corrected chi connectivity index (χ2v) is 6.69. The number of unbranched alkanes of at least 4 members (excludes halogenated alkanes) is 2. The number of rotatable bonds is 13. The summed E-state index contributed by atoms with van der Waals surface area (Å²) in [5, 5.41) is 0. The molecule has 6 heteroatoms. The molecule has 0 heterocycles. The molecule has 156 valence electrons. The highest BCUT2D eigenvalue weighted by molar-refractivity contribution is 6.03. The second kappa shape index (κ2) is 13.1. The molecule has 0 bridgehead atoms. The third kappa shape index (κ3) is 7.82. The van der Waals surface area contributed by atoms with Gasteiger partial charge in [-0.2, -0.15) is 0 Å². The first-order valence-corrected chi connectivity index (χ1v) is 10.0. The molecule has 0 aliphatic carbocycles. The van der Waals surface area contributed by atoms with Crippen molar-refractivity contribution in [2.45, 2.75) is 59.1 Å². The largest absolute Gasteiger partial charge is 0.443 e. The zero-order valence-electron chi connectivity index (χ0n) is 17.4. The van der Waals surface area contributed by atoms with Crippen LogP contribution in [0.4, 0.5) is 5.69 Å². The lowest BCUT2D eigenvalue weighted by Crippen LogP contribution is -2.35. The zero-order chi connectivity index (χ0) is 20.9. The minimum atomic E-state index is -0.724. The molecule has 0 fully saturated rings. The lowest BCUT2D eigenvalue weighted by atomic mass is 10.0. The van der Waals surface area contributed by atoms with Crippen molar-refractivity contribution >= 4 is 17.6 Å². The van der Waals surface area contributed by atoms with Gasteiger partial charge in [0.1, 0.15) is 12.8 Å². The number of allylic oxidation sites excluding steroid dienone is 1. The van der Waals surface area contributed by atoms with Crippen molar-refractivity contribution in [2.75, 3.05) is 24.7 Å². The van der Waals surface area contributed by atoms with Crippen molar-refractivity contribution in [3.63, 3.8) is 0 Å². The summed E-state index contributed by atoms with van der Waals surface area (Å²) in [4.78, 5) is 26.7. The molecular formula is C22H34N2O4. The monoisotopic (exact) mass is 390 g/mol. The van der Waals surface area contributed by atoms with Crippen molar-refractivity contribution in [1.82, 2.24) is 0 Å². The molecule has 0 saturated heterocycles. The minimum Gasteiger partial charge on any atom is -0.443 e. The van der Waals surface area contributed by atoms with Gasteiger partial charge in [-0.05, 0) is 63.6 Å². The number of esters is 1. The predicted octanol–water partition coefficient (Wildman–Crippen LogP) is 3.83. The molecule has 0 radical (unpaired) electrons. The van der Waals surface area contributed by atoms with Gasteiger partial charge in [0.25, 0.3) is 5.91 Å². The molecule has 1 unspecified atom stereocenters. The van der Waals surface area contributed by atoms with E-state index in [0.717, 1.165) is 37.7 Å². The highest BCUT2D eigenvalue weighted by Crippen LogP contribution is 2.25. The Labute approximate surface area is 168 Å². The maximum atomic E-state index is 12.7. The van der Waals surface area contributed by atoms with Crippen LogP contribution in [0.25, 0.3) is 0 Å². The van der Waals surface area contributed by atoms with Crippen LogP contribution in [0, 0.1) is 0 Å². The SMILES string of the molecule is C=CCCCCc1ccc(C(=O)OC(C)N)c(N(CC)C(=O)COCCC)c1. The topological polar surface area (TPSA) is 81.9 Å². The summed E-state index contributed by atoms with van der Waals surface area (Å²) < 4.78 is 10.6. The van der Waals surface area contributed by atoms with Gasteiger partial charge in [0.2, 0.25) is 0 Å². The number of likely N-dealkylation sites (N-methyl/N-ethyl adjacent to an activating group) is 1. The molecule has 1 aromatic rings. The minimum absolute atomic E-state index is 0.0208. The number of ether oxygens (including phenoxy) is 2. The molecule has 0 aliphatic rings. The zero-order valence-corrected chi connectivity index (χ0v) is 17.4. The average Bonchev–Trinajstić information content (AvgIpc) is 2.65. The van der Waals surface area contributed by atoms with Gasteiger partial charge in [-0.15, -0.1) is 6.58 Å². The Morgan fingerprint density at radius 1 is 1.29 bits per heavy atom. The third-order valence-corrected chi connectivity index (χ3v) is 4.18. The molecular weight excluding hydrogens is 356 g/mol. The van der Waals surface area contributed by atoms with Gasteiger partial charge in [0.15, 0.2) is 0 Å². The summed E-state index contributed by atoms with van der Waals surface area (Å²) in [6.45, 7) is 10.1. The molecule has 1 atom stereocenters. The van der Waals surface area contributed by atoms with Gasteiger partial charge in [-0.3, -0.25) is 10.5 Å². The summed E-state index contributed by atoms with van der Waals surface area (Å²) in [7, 11) is 0. The molecule has 28 heavy (non-hydrogen) atoms. The van der Waals surface area contributed by atoms with E-state index < -0.39 is 12.2 Å². The number of hydrogen-bond acceptors (Lipinski definition) is 5. The number of nitrogens with zero attached hydrogens (tertiary/aromatic N) is 1. The molecule has 0 spiro atoms. The summed E-state index contributed by atoms with van der Waals surface area (Å²) in [5.41, 5.74) is 7.54. The van der Waals surface area contributed by atoms with Crippen LogP contribution in [-0.2, 0) is 20.7 Å². The predicted molar refractivity (Wildman–Crippen MR) is 112 cm³/mol. The van der Waals surface area contributed by atoms with Crippen LogP contribution in [-0.4, -0.2) is 37.9 Å². The molecule has 1 amide bonds. The van der Waals surface area contributed by atoms with Gasteiger partial charge in [-0.1, -0.05) is 19.1 Å². The van der Waals surface area contributed by atoms with Gasteiger partial charge < -0.3 is 14.4 Å². The van der Waals surface area contributed by atoms with Gasteiger partial charge in [0.05, 0.1) is 11.3 Å². The number of aryl methyl sites for hydroxylation is 1. The maximum absolute atomic E-state index is 12.7. The summed E-state index contributed by atoms with van der Waals surface area (Å²) in [6.07, 6.45) is 5.92. The van der Waals surface area contributed by atoms with Crippen molar-refractivity contribution in [2.24, 2.45) is 5.73 Å². The first-order valence-electron chi connectivity index (χ1n) is 10.0. The number of carbonyl (C=O) groups excluding carboxylic acids is 2. The number of carbonyl (C=O) groups is 2. The Kier molecular flexibility index (Phi) is 11.1.